The lowest BCUT2D eigenvalue weighted by atomic mass is 10.0. The topological polar surface area (TPSA) is 53.5 Å². The minimum Gasteiger partial charge on any atom is -0.367 e. The van der Waals surface area contributed by atoms with Gasteiger partial charge in [0, 0.05) is 11.3 Å². The van der Waals surface area contributed by atoms with Gasteiger partial charge < -0.3 is 10.6 Å². The molecule has 4 nitrogen and oxygen atoms in total. The third kappa shape index (κ3) is 1.71. The first kappa shape index (κ1) is 10.1. The average molecular weight is 227 g/mol. The molecule has 2 unspecified atom stereocenters. The maximum atomic E-state index is 11.9. The van der Waals surface area contributed by atoms with Crippen LogP contribution in [0.3, 0.4) is 0 Å². The molecule has 2 aliphatic rings. The molecule has 0 fully saturated rings. The highest BCUT2D eigenvalue weighted by molar-refractivity contribution is 6.10. The molecule has 1 aromatic carbocycles. The number of carbonyl (C=O) groups is 1. The normalized spacial score (nSPS) is 26.5. The summed E-state index contributed by atoms with van der Waals surface area (Å²) in [5.41, 5.74) is 1.94. The molecule has 2 N–H and O–H groups in total. The molecule has 4 heteroatoms. The van der Waals surface area contributed by atoms with Crippen molar-refractivity contribution < 1.29 is 4.79 Å². The molecule has 0 radical (unpaired) electrons. The Morgan fingerprint density at radius 1 is 1.24 bits per heavy atom. The van der Waals surface area contributed by atoms with Gasteiger partial charge in [-0.1, -0.05) is 30.3 Å². The summed E-state index contributed by atoms with van der Waals surface area (Å²) in [7, 11) is 0. The van der Waals surface area contributed by atoms with Gasteiger partial charge in [0.15, 0.2) is 0 Å². The van der Waals surface area contributed by atoms with Crippen molar-refractivity contribution in [3.05, 3.63) is 47.7 Å². The van der Waals surface area contributed by atoms with E-state index in [0.717, 1.165) is 11.3 Å². The Labute approximate surface area is 99.4 Å². The fourth-order valence-electron chi connectivity index (χ4n) is 2.18. The smallest absolute Gasteiger partial charge is 0.236 e. The van der Waals surface area contributed by atoms with Crippen LogP contribution in [0.1, 0.15) is 12.5 Å². The summed E-state index contributed by atoms with van der Waals surface area (Å²) in [5.74, 6) is 0.475. The molecule has 0 bridgehead atoms. The average Bonchev–Trinajstić information content (AvgIpc) is 2.71. The number of amides is 1. The number of benzene rings is 1. The molecular weight excluding hydrogens is 214 g/mol. The van der Waals surface area contributed by atoms with Crippen LogP contribution < -0.4 is 10.6 Å². The number of carbonyl (C=O) groups excluding carboxylic acids is 1. The number of nitrogens with one attached hydrogen (secondary N) is 2. The number of allylic oxidation sites excluding steroid dienone is 1. The molecule has 2 atom stereocenters. The summed E-state index contributed by atoms with van der Waals surface area (Å²) in [6.07, 6.45) is 1.77. The Morgan fingerprint density at radius 2 is 2.00 bits per heavy atom. The molecule has 0 aliphatic carbocycles. The molecule has 86 valence electrons. The second-order valence-corrected chi connectivity index (χ2v) is 4.30. The summed E-state index contributed by atoms with van der Waals surface area (Å²) in [5, 5.41) is 6.05. The minimum atomic E-state index is -0.178. The number of amidine groups is 1. The van der Waals surface area contributed by atoms with E-state index >= 15 is 0 Å². The van der Waals surface area contributed by atoms with Gasteiger partial charge in [-0.25, -0.2) is 4.99 Å². The van der Waals surface area contributed by atoms with E-state index in [1.165, 1.54) is 0 Å². The number of hydrogen-bond donors (Lipinski definition) is 2. The van der Waals surface area contributed by atoms with Crippen molar-refractivity contribution in [3.8, 4) is 0 Å². The Morgan fingerprint density at radius 3 is 2.76 bits per heavy atom. The van der Waals surface area contributed by atoms with Gasteiger partial charge in [0.05, 0.1) is 5.92 Å². The minimum absolute atomic E-state index is 0.00760. The second kappa shape index (κ2) is 3.73. The van der Waals surface area contributed by atoms with Crippen molar-refractivity contribution in [3.63, 3.8) is 0 Å². The quantitative estimate of drug-likeness (QED) is 0.752. The molecule has 0 aromatic heterocycles. The zero-order valence-electron chi connectivity index (χ0n) is 9.47. The second-order valence-electron chi connectivity index (χ2n) is 4.30. The van der Waals surface area contributed by atoms with Gasteiger partial charge in [-0.2, -0.15) is 0 Å². The number of fused-ring (bicyclic) bond motifs is 1. The summed E-state index contributed by atoms with van der Waals surface area (Å²) in [6, 6.07) is 9.68. The van der Waals surface area contributed by atoms with Crippen molar-refractivity contribution in [2.45, 2.75) is 13.1 Å². The molecule has 0 spiro atoms. The van der Waals surface area contributed by atoms with E-state index < -0.39 is 0 Å². The third-order valence-corrected chi connectivity index (χ3v) is 3.01. The van der Waals surface area contributed by atoms with Gasteiger partial charge in [0.25, 0.3) is 0 Å². The molecule has 17 heavy (non-hydrogen) atoms. The van der Waals surface area contributed by atoms with Crippen LogP contribution in [-0.2, 0) is 4.79 Å². The van der Waals surface area contributed by atoms with Crippen LogP contribution in [0, 0.1) is 5.92 Å². The van der Waals surface area contributed by atoms with Gasteiger partial charge in [-0.15, -0.1) is 0 Å². The molecule has 3 rings (SSSR count). The lowest BCUT2D eigenvalue weighted by Gasteiger charge is -2.23. The summed E-state index contributed by atoms with van der Waals surface area (Å²) in [4.78, 5) is 16.5. The Hall–Kier alpha value is -2.10. The van der Waals surface area contributed by atoms with E-state index in [1.807, 2.05) is 43.3 Å². The summed E-state index contributed by atoms with van der Waals surface area (Å²) in [6.45, 7) is 1.95. The van der Waals surface area contributed by atoms with Crippen molar-refractivity contribution in [2.24, 2.45) is 10.9 Å². The zero-order chi connectivity index (χ0) is 11.8. The van der Waals surface area contributed by atoms with Crippen molar-refractivity contribution >= 4 is 11.7 Å². The molecule has 0 saturated heterocycles. The van der Waals surface area contributed by atoms with Gasteiger partial charge in [-0.3, -0.25) is 4.79 Å². The van der Waals surface area contributed by atoms with Crippen LogP contribution >= 0.6 is 0 Å². The Kier molecular flexibility index (Phi) is 2.21. The van der Waals surface area contributed by atoms with E-state index in [2.05, 4.69) is 15.6 Å². The Balaban J connectivity index is 1.95. The predicted octanol–water partition coefficient (Wildman–Crippen LogP) is 1.01. The SMILES string of the molecule is CC1=CC2C(=O)NC(c3ccccc3)=NC2N1. The van der Waals surface area contributed by atoms with Crippen LogP contribution in [0.15, 0.2) is 47.1 Å². The van der Waals surface area contributed by atoms with E-state index in [1.54, 1.807) is 0 Å². The third-order valence-electron chi connectivity index (χ3n) is 3.01. The van der Waals surface area contributed by atoms with Gasteiger partial charge >= 0.3 is 0 Å². The maximum absolute atomic E-state index is 11.9. The molecule has 2 heterocycles. The largest absolute Gasteiger partial charge is 0.367 e. The standard InChI is InChI=1S/C13H13N3O/c1-8-7-10-12(14-8)15-11(16-13(10)17)9-5-3-2-4-6-9/h2-7,10,12,14H,1H3,(H,15,16,17). The van der Waals surface area contributed by atoms with Crippen LogP contribution in [-0.4, -0.2) is 17.9 Å². The monoisotopic (exact) mass is 227 g/mol. The fraction of sp³-hybridized carbons (Fsp3) is 0.231. The van der Waals surface area contributed by atoms with E-state index in [9.17, 15) is 4.79 Å². The van der Waals surface area contributed by atoms with E-state index in [0.29, 0.717) is 5.84 Å². The van der Waals surface area contributed by atoms with Crippen molar-refractivity contribution in [1.29, 1.82) is 0 Å². The first-order chi connectivity index (χ1) is 8.24. The number of rotatable bonds is 1. The zero-order valence-corrected chi connectivity index (χ0v) is 9.47. The van der Waals surface area contributed by atoms with Gasteiger partial charge in [0.2, 0.25) is 5.91 Å². The highest BCUT2D eigenvalue weighted by atomic mass is 16.2. The van der Waals surface area contributed by atoms with E-state index in [-0.39, 0.29) is 18.0 Å². The summed E-state index contributed by atoms with van der Waals surface area (Å²) < 4.78 is 0. The van der Waals surface area contributed by atoms with Crippen LogP contribution in [0.25, 0.3) is 0 Å². The number of hydrogen-bond acceptors (Lipinski definition) is 3. The van der Waals surface area contributed by atoms with Gasteiger partial charge in [0.1, 0.15) is 12.0 Å². The maximum Gasteiger partial charge on any atom is 0.236 e. The summed E-state index contributed by atoms with van der Waals surface area (Å²) >= 11 is 0. The Bertz CT molecular complexity index is 519. The van der Waals surface area contributed by atoms with Crippen LogP contribution in [0.4, 0.5) is 0 Å². The predicted molar refractivity (Wildman–Crippen MR) is 65.3 cm³/mol. The highest BCUT2D eigenvalue weighted by Gasteiger charge is 2.35. The number of aliphatic imine (C=N–C) groups is 1. The lowest BCUT2D eigenvalue weighted by molar-refractivity contribution is -0.123. The van der Waals surface area contributed by atoms with Crippen LogP contribution in [0.5, 0.6) is 0 Å². The van der Waals surface area contributed by atoms with E-state index in [4.69, 9.17) is 0 Å². The molecule has 0 saturated carbocycles. The molecule has 1 aromatic rings. The first-order valence-electron chi connectivity index (χ1n) is 5.63. The van der Waals surface area contributed by atoms with Crippen molar-refractivity contribution in [1.82, 2.24) is 10.6 Å². The van der Waals surface area contributed by atoms with Gasteiger partial charge in [-0.05, 0) is 13.0 Å². The highest BCUT2D eigenvalue weighted by Crippen LogP contribution is 2.22. The number of nitrogens with zero attached hydrogens (tertiary/aromatic N) is 1. The lowest BCUT2D eigenvalue weighted by Crippen LogP contribution is -2.47. The molecular formula is C13H13N3O. The molecule has 2 aliphatic heterocycles. The van der Waals surface area contributed by atoms with Crippen LogP contribution in [0.2, 0.25) is 0 Å². The fourth-order valence-corrected chi connectivity index (χ4v) is 2.18. The molecule has 1 amide bonds. The van der Waals surface area contributed by atoms with Crippen molar-refractivity contribution in [2.75, 3.05) is 0 Å². The first-order valence-corrected chi connectivity index (χ1v) is 5.63.